The molecule has 0 unspecified atom stereocenters. The summed E-state index contributed by atoms with van der Waals surface area (Å²) < 4.78 is 10.2. The predicted molar refractivity (Wildman–Crippen MR) is 93.2 cm³/mol. The van der Waals surface area contributed by atoms with E-state index in [4.69, 9.17) is 4.74 Å². The molecule has 0 N–H and O–H groups in total. The molecule has 1 rings (SSSR count). The van der Waals surface area contributed by atoms with Gasteiger partial charge in [0.15, 0.2) is 0 Å². The second kappa shape index (κ2) is 11.2. The Morgan fingerprint density at radius 1 is 1.35 bits per heavy atom. The first-order valence-corrected chi connectivity index (χ1v) is 7.82. The summed E-state index contributed by atoms with van der Waals surface area (Å²) in [5.74, 6) is 0.572. The Bertz CT molecular complexity index is 561. The molecule has 0 spiro atoms. The van der Waals surface area contributed by atoms with Gasteiger partial charge in [0.05, 0.1) is 19.9 Å². The summed E-state index contributed by atoms with van der Waals surface area (Å²) in [5.41, 5.74) is 2.17. The van der Waals surface area contributed by atoms with Crippen molar-refractivity contribution in [2.45, 2.75) is 32.6 Å². The Morgan fingerprint density at radius 3 is 2.87 bits per heavy atom. The molecule has 124 valence electrons. The van der Waals surface area contributed by atoms with Crippen LogP contribution in [0.25, 0.3) is 5.57 Å². The van der Waals surface area contributed by atoms with E-state index >= 15 is 0 Å². The number of allylic oxidation sites excluding steroid dienone is 5. The lowest BCUT2D eigenvalue weighted by atomic mass is 10.00. The first-order valence-electron chi connectivity index (χ1n) is 7.82. The Kier molecular flexibility index (Phi) is 9.13. The molecule has 0 bridgehead atoms. The number of pyridine rings is 1. The van der Waals surface area contributed by atoms with E-state index in [2.05, 4.69) is 22.4 Å². The second-order valence-electron chi connectivity index (χ2n) is 4.90. The van der Waals surface area contributed by atoms with Gasteiger partial charge >= 0.3 is 5.97 Å². The van der Waals surface area contributed by atoms with Crippen LogP contribution in [0.4, 0.5) is 0 Å². The molecular weight excluding hydrogens is 290 g/mol. The van der Waals surface area contributed by atoms with Gasteiger partial charge in [-0.1, -0.05) is 30.9 Å². The molecule has 0 aromatic carbocycles. The normalized spacial score (nSPS) is 11.5. The van der Waals surface area contributed by atoms with Crippen LogP contribution >= 0.6 is 0 Å². The number of methoxy groups -OCH3 is 1. The van der Waals surface area contributed by atoms with Crippen molar-refractivity contribution in [3.05, 3.63) is 54.9 Å². The number of nitrogens with zero attached hydrogens (tertiary/aromatic N) is 1. The number of esters is 1. The minimum absolute atomic E-state index is 0.183. The van der Waals surface area contributed by atoms with Gasteiger partial charge in [0.1, 0.15) is 5.75 Å². The zero-order valence-electron chi connectivity index (χ0n) is 14.0. The number of carbonyl (C=O) groups excluding carboxylic acids is 1. The molecule has 4 nitrogen and oxygen atoms in total. The average Bonchev–Trinajstić information content (AvgIpc) is 2.57. The Morgan fingerprint density at radius 2 is 2.17 bits per heavy atom. The maximum Gasteiger partial charge on any atom is 0.305 e. The second-order valence-corrected chi connectivity index (χ2v) is 4.90. The fourth-order valence-electron chi connectivity index (χ4n) is 2.11. The van der Waals surface area contributed by atoms with Crippen LogP contribution in [0.2, 0.25) is 0 Å². The Balaban J connectivity index is 2.84. The fraction of sp³-hybridized carbons (Fsp3) is 0.368. The van der Waals surface area contributed by atoms with Crippen LogP contribution in [0.3, 0.4) is 0 Å². The van der Waals surface area contributed by atoms with Gasteiger partial charge < -0.3 is 9.47 Å². The van der Waals surface area contributed by atoms with Crippen molar-refractivity contribution >= 4 is 11.5 Å². The third kappa shape index (κ3) is 7.45. The van der Waals surface area contributed by atoms with Gasteiger partial charge in [-0.05, 0) is 43.4 Å². The summed E-state index contributed by atoms with van der Waals surface area (Å²) in [6.07, 6.45) is 14.1. The molecule has 1 aromatic heterocycles. The third-order valence-electron chi connectivity index (χ3n) is 3.22. The zero-order valence-corrected chi connectivity index (χ0v) is 14.0. The van der Waals surface area contributed by atoms with Gasteiger partial charge in [-0.2, -0.15) is 0 Å². The largest absolute Gasteiger partial charge is 0.492 e. The van der Waals surface area contributed by atoms with Crippen LogP contribution < -0.4 is 4.74 Å². The summed E-state index contributed by atoms with van der Waals surface area (Å²) in [4.78, 5) is 15.5. The van der Waals surface area contributed by atoms with E-state index in [1.807, 2.05) is 31.3 Å². The molecular formula is C19H25NO3. The topological polar surface area (TPSA) is 48.4 Å². The van der Waals surface area contributed by atoms with E-state index in [0.29, 0.717) is 13.0 Å². The van der Waals surface area contributed by atoms with Crippen molar-refractivity contribution in [2.24, 2.45) is 0 Å². The minimum Gasteiger partial charge on any atom is -0.492 e. The fourth-order valence-corrected chi connectivity index (χ4v) is 2.11. The van der Waals surface area contributed by atoms with Gasteiger partial charge in [0.2, 0.25) is 0 Å². The van der Waals surface area contributed by atoms with Crippen LogP contribution in [0.15, 0.2) is 49.3 Å². The molecule has 0 saturated carbocycles. The van der Waals surface area contributed by atoms with E-state index < -0.39 is 0 Å². The molecule has 0 fully saturated rings. The summed E-state index contributed by atoms with van der Waals surface area (Å²) in [5, 5.41) is 0. The third-order valence-corrected chi connectivity index (χ3v) is 3.22. The highest BCUT2D eigenvalue weighted by molar-refractivity contribution is 5.70. The van der Waals surface area contributed by atoms with Crippen LogP contribution in [0, 0.1) is 0 Å². The monoisotopic (exact) mass is 315 g/mol. The molecule has 23 heavy (non-hydrogen) atoms. The number of carbonyl (C=O) groups is 1. The van der Waals surface area contributed by atoms with Crippen molar-refractivity contribution in [3.8, 4) is 5.75 Å². The van der Waals surface area contributed by atoms with Crippen LogP contribution in [0.1, 0.15) is 38.2 Å². The van der Waals surface area contributed by atoms with Crippen molar-refractivity contribution in [1.29, 1.82) is 0 Å². The Labute approximate surface area is 138 Å². The predicted octanol–water partition coefficient (Wildman–Crippen LogP) is 4.34. The van der Waals surface area contributed by atoms with Gasteiger partial charge in [-0.15, -0.1) is 0 Å². The standard InChI is InChI=1S/C19H25NO3/c1-4-6-7-8-10-16(11-9-12-19(21)22-3)17-13-18(23-5-2)15-20-14-17/h4,6-7,10,13-15H,1,5,8-9,11-12H2,2-3H3/b7-6-,16-10+. The Hall–Kier alpha value is -2.36. The van der Waals surface area contributed by atoms with Crippen molar-refractivity contribution in [2.75, 3.05) is 13.7 Å². The molecule has 0 atom stereocenters. The van der Waals surface area contributed by atoms with Crippen LogP contribution in [0.5, 0.6) is 5.75 Å². The van der Waals surface area contributed by atoms with E-state index in [1.54, 1.807) is 12.3 Å². The molecule has 1 aromatic rings. The first kappa shape index (κ1) is 18.7. The number of aromatic nitrogens is 1. The smallest absolute Gasteiger partial charge is 0.305 e. The van der Waals surface area contributed by atoms with Crippen molar-refractivity contribution in [1.82, 2.24) is 4.98 Å². The molecule has 0 aliphatic carbocycles. The lowest BCUT2D eigenvalue weighted by Gasteiger charge is -2.09. The molecule has 0 amide bonds. The van der Waals surface area contributed by atoms with E-state index in [-0.39, 0.29) is 5.97 Å². The number of ether oxygens (including phenoxy) is 2. The molecule has 0 radical (unpaired) electrons. The van der Waals surface area contributed by atoms with Gasteiger partial charge in [0.25, 0.3) is 0 Å². The lowest BCUT2D eigenvalue weighted by molar-refractivity contribution is -0.140. The zero-order chi connectivity index (χ0) is 16.9. The summed E-state index contributed by atoms with van der Waals surface area (Å²) in [6, 6.07) is 1.98. The lowest BCUT2D eigenvalue weighted by Crippen LogP contribution is -2.00. The first-order chi connectivity index (χ1) is 11.2. The van der Waals surface area contributed by atoms with Crippen molar-refractivity contribution in [3.63, 3.8) is 0 Å². The number of hydrogen-bond donors (Lipinski definition) is 0. The SMILES string of the molecule is C=C/C=C\C/C=C(\CCCC(=O)OC)c1cncc(OCC)c1. The molecule has 0 saturated heterocycles. The van der Waals surface area contributed by atoms with E-state index in [1.165, 1.54) is 7.11 Å². The molecule has 4 heteroatoms. The maximum absolute atomic E-state index is 11.3. The van der Waals surface area contributed by atoms with Gasteiger partial charge in [-0.25, -0.2) is 0 Å². The number of hydrogen-bond acceptors (Lipinski definition) is 4. The summed E-state index contributed by atoms with van der Waals surface area (Å²) in [7, 11) is 1.41. The molecule has 0 aliphatic rings. The average molecular weight is 315 g/mol. The molecule has 0 aliphatic heterocycles. The molecule has 1 heterocycles. The van der Waals surface area contributed by atoms with Crippen LogP contribution in [-0.4, -0.2) is 24.7 Å². The number of rotatable bonds is 10. The summed E-state index contributed by atoms with van der Waals surface area (Å²) >= 11 is 0. The van der Waals surface area contributed by atoms with E-state index in [0.717, 1.165) is 36.1 Å². The quantitative estimate of drug-likeness (QED) is 0.476. The minimum atomic E-state index is -0.183. The van der Waals surface area contributed by atoms with Gasteiger partial charge in [-0.3, -0.25) is 9.78 Å². The van der Waals surface area contributed by atoms with Crippen molar-refractivity contribution < 1.29 is 14.3 Å². The summed E-state index contributed by atoms with van der Waals surface area (Å²) in [6.45, 7) is 6.21. The van der Waals surface area contributed by atoms with Crippen LogP contribution in [-0.2, 0) is 9.53 Å². The highest BCUT2D eigenvalue weighted by Crippen LogP contribution is 2.24. The van der Waals surface area contributed by atoms with Gasteiger partial charge in [0, 0.05) is 12.6 Å². The highest BCUT2D eigenvalue weighted by Gasteiger charge is 2.06. The highest BCUT2D eigenvalue weighted by atomic mass is 16.5. The van der Waals surface area contributed by atoms with E-state index in [9.17, 15) is 4.79 Å². The maximum atomic E-state index is 11.3.